The molecule has 0 bridgehead atoms. The molecule has 0 aromatic heterocycles. The Hall–Kier alpha value is -1.07. The number of ether oxygens (including phenoxy) is 1. The van der Waals surface area contributed by atoms with Gasteiger partial charge in [0.15, 0.2) is 0 Å². The molecule has 1 atom stereocenters. The van der Waals surface area contributed by atoms with Gasteiger partial charge >= 0.3 is 0 Å². The van der Waals surface area contributed by atoms with Gasteiger partial charge in [-0.3, -0.25) is 4.79 Å². The highest BCUT2D eigenvalue weighted by Gasteiger charge is 2.06. The van der Waals surface area contributed by atoms with E-state index in [0.717, 1.165) is 15.8 Å². The summed E-state index contributed by atoms with van der Waals surface area (Å²) in [6.45, 7) is 5.10. The highest BCUT2D eigenvalue weighted by molar-refractivity contribution is 9.10. The van der Waals surface area contributed by atoms with E-state index in [1.807, 2.05) is 32.0 Å². The van der Waals surface area contributed by atoms with Crippen LogP contribution < -0.4 is 10.1 Å². The van der Waals surface area contributed by atoms with Crippen LogP contribution in [0.15, 0.2) is 22.7 Å². The fourth-order valence-electron chi connectivity index (χ4n) is 1.68. The number of benzene rings is 1. The maximum atomic E-state index is 11.6. The summed E-state index contributed by atoms with van der Waals surface area (Å²) in [5, 5.41) is 11.6. The van der Waals surface area contributed by atoms with Gasteiger partial charge in [-0.1, -0.05) is 13.0 Å². The Kier molecular flexibility index (Phi) is 7.62. The molecule has 0 saturated carbocycles. The summed E-state index contributed by atoms with van der Waals surface area (Å²) in [4.78, 5) is 11.6. The minimum absolute atomic E-state index is 0.0296. The average Bonchev–Trinajstić information content (AvgIpc) is 2.39. The summed E-state index contributed by atoms with van der Waals surface area (Å²) >= 11 is 3.43. The largest absolute Gasteiger partial charge is 0.492 e. The van der Waals surface area contributed by atoms with Crippen molar-refractivity contribution in [3.8, 4) is 5.75 Å². The third-order valence-corrected chi connectivity index (χ3v) is 3.56. The smallest absolute Gasteiger partial charge is 0.223 e. The number of amides is 1. The quantitative estimate of drug-likeness (QED) is 0.762. The number of hydrogen-bond donors (Lipinski definition) is 2. The van der Waals surface area contributed by atoms with E-state index in [1.165, 1.54) is 0 Å². The average molecular weight is 344 g/mol. The molecule has 1 aromatic carbocycles. The predicted molar refractivity (Wildman–Crippen MR) is 82.9 cm³/mol. The number of aliphatic hydroxyl groups is 1. The van der Waals surface area contributed by atoms with E-state index in [2.05, 4.69) is 21.2 Å². The minimum atomic E-state index is -0.0296. The molecule has 5 heteroatoms. The van der Waals surface area contributed by atoms with Crippen molar-refractivity contribution in [1.29, 1.82) is 0 Å². The number of carbonyl (C=O) groups is 1. The van der Waals surface area contributed by atoms with Gasteiger partial charge in [0, 0.05) is 13.2 Å². The molecule has 0 fully saturated rings. The third kappa shape index (κ3) is 6.39. The Morgan fingerprint density at radius 1 is 1.50 bits per heavy atom. The van der Waals surface area contributed by atoms with Gasteiger partial charge in [-0.2, -0.15) is 0 Å². The molecule has 112 valence electrons. The van der Waals surface area contributed by atoms with Crippen LogP contribution in [0.3, 0.4) is 0 Å². The van der Waals surface area contributed by atoms with E-state index < -0.39 is 0 Å². The first-order chi connectivity index (χ1) is 9.52. The van der Waals surface area contributed by atoms with Crippen LogP contribution in [-0.2, 0) is 4.79 Å². The Labute approximate surface area is 128 Å². The Morgan fingerprint density at radius 3 is 2.90 bits per heavy atom. The molecule has 1 rings (SSSR count). The Bertz CT molecular complexity index is 437. The molecular weight excluding hydrogens is 322 g/mol. The highest BCUT2D eigenvalue weighted by Crippen LogP contribution is 2.25. The van der Waals surface area contributed by atoms with Crippen molar-refractivity contribution in [2.75, 3.05) is 19.8 Å². The van der Waals surface area contributed by atoms with Crippen molar-refractivity contribution < 1.29 is 14.6 Å². The minimum Gasteiger partial charge on any atom is -0.492 e. The van der Waals surface area contributed by atoms with Crippen molar-refractivity contribution in [2.24, 2.45) is 5.92 Å². The maximum Gasteiger partial charge on any atom is 0.223 e. The van der Waals surface area contributed by atoms with E-state index in [9.17, 15) is 4.79 Å². The first-order valence-electron chi connectivity index (χ1n) is 6.79. The summed E-state index contributed by atoms with van der Waals surface area (Å²) in [7, 11) is 0. The van der Waals surface area contributed by atoms with Crippen molar-refractivity contribution in [3.05, 3.63) is 28.2 Å². The van der Waals surface area contributed by atoms with E-state index >= 15 is 0 Å². The van der Waals surface area contributed by atoms with Gasteiger partial charge in [-0.15, -0.1) is 0 Å². The molecule has 1 unspecified atom stereocenters. The molecule has 20 heavy (non-hydrogen) atoms. The molecule has 1 aromatic rings. The van der Waals surface area contributed by atoms with Crippen LogP contribution in [0.2, 0.25) is 0 Å². The second kappa shape index (κ2) is 8.97. The van der Waals surface area contributed by atoms with Crippen molar-refractivity contribution in [2.45, 2.75) is 26.7 Å². The lowest BCUT2D eigenvalue weighted by Gasteiger charge is -2.12. The molecule has 0 radical (unpaired) electrons. The van der Waals surface area contributed by atoms with E-state index in [4.69, 9.17) is 9.84 Å². The van der Waals surface area contributed by atoms with Crippen LogP contribution in [-0.4, -0.2) is 30.8 Å². The fraction of sp³-hybridized carbons (Fsp3) is 0.533. The van der Waals surface area contributed by atoms with Gasteiger partial charge in [-0.05, 0) is 52.9 Å². The fourth-order valence-corrected chi connectivity index (χ4v) is 2.28. The summed E-state index contributed by atoms with van der Waals surface area (Å²) in [5.74, 6) is 1.01. The van der Waals surface area contributed by atoms with Gasteiger partial charge in [-0.25, -0.2) is 0 Å². The standard InChI is InChI=1S/C15H22BrNO3/c1-11-3-4-14(13(16)9-11)20-8-6-15(19)17-10-12(2)5-7-18/h3-4,9,12,18H,5-8,10H2,1-2H3,(H,17,19). The molecule has 0 aliphatic rings. The normalized spacial score (nSPS) is 12.0. The lowest BCUT2D eigenvalue weighted by molar-refractivity contribution is -0.121. The lowest BCUT2D eigenvalue weighted by Crippen LogP contribution is -2.29. The maximum absolute atomic E-state index is 11.6. The lowest BCUT2D eigenvalue weighted by atomic mass is 10.1. The van der Waals surface area contributed by atoms with Gasteiger partial charge < -0.3 is 15.2 Å². The number of aliphatic hydroxyl groups excluding tert-OH is 1. The predicted octanol–water partition coefficient (Wildman–Crippen LogP) is 2.66. The molecule has 4 nitrogen and oxygen atoms in total. The number of rotatable bonds is 8. The Morgan fingerprint density at radius 2 is 2.25 bits per heavy atom. The van der Waals surface area contributed by atoms with Crippen LogP contribution in [0, 0.1) is 12.8 Å². The number of aryl methyl sites for hydroxylation is 1. The van der Waals surface area contributed by atoms with Crippen LogP contribution in [0.4, 0.5) is 0 Å². The second-order valence-electron chi connectivity index (χ2n) is 4.95. The van der Waals surface area contributed by atoms with Crippen LogP contribution in [0.25, 0.3) is 0 Å². The van der Waals surface area contributed by atoms with Crippen molar-refractivity contribution in [3.63, 3.8) is 0 Å². The molecule has 0 spiro atoms. The zero-order chi connectivity index (χ0) is 15.0. The van der Waals surface area contributed by atoms with E-state index in [-0.39, 0.29) is 18.4 Å². The summed E-state index contributed by atoms with van der Waals surface area (Å²) < 4.78 is 6.47. The first kappa shape index (κ1) is 17.0. The second-order valence-corrected chi connectivity index (χ2v) is 5.81. The number of halogens is 1. The SMILES string of the molecule is Cc1ccc(OCCC(=O)NCC(C)CCO)c(Br)c1. The molecule has 0 aliphatic heterocycles. The monoisotopic (exact) mass is 343 g/mol. The molecule has 0 saturated heterocycles. The molecule has 1 amide bonds. The summed E-state index contributed by atoms with van der Waals surface area (Å²) in [5.41, 5.74) is 1.15. The zero-order valence-corrected chi connectivity index (χ0v) is 13.6. The van der Waals surface area contributed by atoms with Gasteiger partial charge in [0.25, 0.3) is 0 Å². The highest BCUT2D eigenvalue weighted by atomic mass is 79.9. The third-order valence-electron chi connectivity index (χ3n) is 2.94. The van der Waals surface area contributed by atoms with Crippen LogP contribution in [0.5, 0.6) is 5.75 Å². The van der Waals surface area contributed by atoms with Gasteiger partial charge in [0.05, 0.1) is 17.5 Å². The van der Waals surface area contributed by atoms with Crippen molar-refractivity contribution >= 4 is 21.8 Å². The van der Waals surface area contributed by atoms with Crippen LogP contribution in [0.1, 0.15) is 25.3 Å². The molecule has 2 N–H and O–H groups in total. The van der Waals surface area contributed by atoms with Gasteiger partial charge in [0.1, 0.15) is 5.75 Å². The topological polar surface area (TPSA) is 58.6 Å². The number of nitrogens with one attached hydrogen (secondary N) is 1. The number of hydrogen-bond acceptors (Lipinski definition) is 3. The summed E-state index contributed by atoms with van der Waals surface area (Å²) in [6.07, 6.45) is 1.03. The molecule has 0 heterocycles. The van der Waals surface area contributed by atoms with Crippen LogP contribution >= 0.6 is 15.9 Å². The zero-order valence-electron chi connectivity index (χ0n) is 12.0. The summed E-state index contributed by atoms with van der Waals surface area (Å²) in [6, 6.07) is 5.84. The van der Waals surface area contributed by atoms with E-state index in [1.54, 1.807) is 0 Å². The first-order valence-corrected chi connectivity index (χ1v) is 7.58. The number of carbonyl (C=O) groups excluding carboxylic acids is 1. The molecular formula is C15H22BrNO3. The molecule has 0 aliphatic carbocycles. The van der Waals surface area contributed by atoms with Gasteiger partial charge in [0.2, 0.25) is 5.91 Å². The van der Waals surface area contributed by atoms with Crippen molar-refractivity contribution in [1.82, 2.24) is 5.32 Å². The van der Waals surface area contributed by atoms with E-state index in [0.29, 0.717) is 26.0 Å². The Balaban J connectivity index is 2.24.